The van der Waals surface area contributed by atoms with E-state index in [2.05, 4.69) is 4.98 Å². The monoisotopic (exact) mass is 263 g/mol. The molecule has 3 nitrogen and oxygen atoms in total. The van der Waals surface area contributed by atoms with E-state index < -0.39 is 0 Å². The lowest BCUT2D eigenvalue weighted by molar-refractivity contribution is 0.557. The van der Waals surface area contributed by atoms with E-state index in [-0.39, 0.29) is 0 Å². The van der Waals surface area contributed by atoms with Crippen molar-refractivity contribution in [3.05, 3.63) is 77.9 Å². The fraction of sp³-hybridized carbons (Fsp3) is 0. The van der Waals surface area contributed by atoms with Crippen LogP contribution < -0.4 is 0 Å². The van der Waals surface area contributed by atoms with Gasteiger partial charge in [0.2, 0.25) is 0 Å². The van der Waals surface area contributed by atoms with Crippen molar-refractivity contribution in [1.29, 1.82) is 0 Å². The Balaban J connectivity index is 1.76. The number of furan rings is 2. The lowest BCUT2D eigenvalue weighted by Gasteiger charge is -1.95. The molecule has 0 unspecified atom stereocenters. The molecule has 0 N–H and O–H groups in total. The number of rotatable bonds is 4. The van der Waals surface area contributed by atoms with Gasteiger partial charge in [0.25, 0.3) is 0 Å². The highest BCUT2D eigenvalue weighted by Crippen LogP contribution is 2.10. The summed E-state index contributed by atoms with van der Waals surface area (Å²) in [6, 6.07) is 13.4. The SMILES string of the molecule is C(=C\c1ccco1)/c1cccc(/C=C/c2ccco2)n1. The minimum atomic E-state index is 0.809. The van der Waals surface area contributed by atoms with Crippen LogP contribution >= 0.6 is 0 Å². The Bertz CT molecular complexity index is 648. The molecule has 3 heterocycles. The Kier molecular flexibility index (Phi) is 3.60. The molecule has 0 aliphatic heterocycles. The molecule has 3 aromatic rings. The van der Waals surface area contributed by atoms with Crippen molar-refractivity contribution in [2.45, 2.75) is 0 Å². The molecule has 0 aliphatic carbocycles. The van der Waals surface area contributed by atoms with Gasteiger partial charge < -0.3 is 8.83 Å². The first-order chi connectivity index (χ1) is 9.90. The van der Waals surface area contributed by atoms with Crippen molar-refractivity contribution < 1.29 is 8.83 Å². The van der Waals surface area contributed by atoms with Gasteiger partial charge in [-0.15, -0.1) is 0 Å². The maximum Gasteiger partial charge on any atom is 0.126 e. The third kappa shape index (κ3) is 3.14. The van der Waals surface area contributed by atoms with E-state index in [1.54, 1.807) is 12.5 Å². The van der Waals surface area contributed by atoms with Gasteiger partial charge in [-0.1, -0.05) is 6.07 Å². The largest absolute Gasteiger partial charge is 0.465 e. The van der Waals surface area contributed by atoms with Gasteiger partial charge in [0.05, 0.1) is 23.9 Å². The number of pyridine rings is 1. The molecular formula is C17H13NO2. The quantitative estimate of drug-likeness (QED) is 0.690. The summed E-state index contributed by atoms with van der Waals surface area (Å²) in [6.07, 6.45) is 10.9. The second kappa shape index (κ2) is 5.89. The van der Waals surface area contributed by atoms with Gasteiger partial charge in [-0.2, -0.15) is 0 Å². The molecule has 0 saturated carbocycles. The topological polar surface area (TPSA) is 39.2 Å². The summed E-state index contributed by atoms with van der Waals surface area (Å²) in [6.45, 7) is 0. The normalized spacial score (nSPS) is 11.6. The first-order valence-corrected chi connectivity index (χ1v) is 6.30. The maximum atomic E-state index is 5.24. The number of hydrogen-bond acceptors (Lipinski definition) is 3. The van der Waals surface area contributed by atoms with Gasteiger partial charge in [0.1, 0.15) is 11.5 Å². The van der Waals surface area contributed by atoms with Crippen LogP contribution in [0.4, 0.5) is 0 Å². The molecule has 3 rings (SSSR count). The van der Waals surface area contributed by atoms with Crippen LogP contribution in [0.25, 0.3) is 24.3 Å². The summed E-state index contributed by atoms with van der Waals surface area (Å²) < 4.78 is 10.5. The predicted molar refractivity (Wildman–Crippen MR) is 79.5 cm³/mol. The van der Waals surface area contributed by atoms with E-state index in [9.17, 15) is 0 Å². The van der Waals surface area contributed by atoms with Crippen LogP contribution in [0.2, 0.25) is 0 Å². The molecule has 0 aromatic carbocycles. The Morgan fingerprint density at radius 1 is 0.650 bits per heavy atom. The van der Waals surface area contributed by atoms with Crippen LogP contribution in [0.3, 0.4) is 0 Å². The third-order valence-electron chi connectivity index (χ3n) is 2.72. The number of hydrogen-bond donors (Lipinski definition) is 0. The Morgan fingerprint density at radius 3 is 1.65 bits per heavy atom. The van der Waals surface area contributed by atoms with Gasteiger partial charge in [-0.05, 0) is 60.7 Å². The Morgan fingerprint density at radius 2 is 1.20 bits per heavy atom. The fourth-order valence-electron chi connectivity index (χ4n) is 1.76. The van der Waals surface area contributed by atoms with Crippen molar-refractivity contribution in [1.82, 2.24) is 4.98 Å². The fourth-order valence-corrected chi connectivity index (χ4v) is 1.76. The predicted octanol–water partition coefficient (Wildman–Crippen LogP) is 4.61. The zero-order valence-electron chi connectivity index (χ0n) is 10.8. The molecule has 0 bridgehead atoms. The van der Waals surface area contributed by atoms with Crippen LogP contribution in [-0.2, 0) is 0 Å². The molecule has 98 valence electrons. The first-order valence-electron chi connectivity index (χ1n) is 6.30. The zero-order valence-corrected chi connectivity index (χ0v) is 10.8. The molecular weight excluding hydrogens is 250 g/mol. The molecule has 3 heteroatoms. The minimum absolute atomic E-state index is 0.809. The van der Waals surface area contributed by atoms with Gasteiger partial charge in [0, 0.05) is 0 Å². The smallest absolute Gasteiger partial charge is 0.126 e. The van der Waals surface area contributed by atoms with E-state index in [1.807, 2.05) is 66.8 Å². The summed E-state index contributed by atoms with van der Waals surface area (Å²) in [5.74, 6) is 1.62. The summed E-state index contributed by atoms with van der Waals surface area (Å²) in [5.41, 5.74) is 1.76. The Labute approximate surface area is 116 Å². The van der Waals surface area contributed by atoms with E-state index >= 15 is 0 Å². The van der Waals surface area contributed by atoms with Crippen LogP contribution in [-0.4, -0.2) is 4.98 Å². The highest BCUT2D eigenvalue weighted by molar-refractivity contribution is 5.68. The average molecular weight is 263 g/mol. The van der Waals surface area contributed by atoms with Crippen molar-refractivity contribution in [2.24, 2.45) is 0 Å². The van der Waals surface area contributed by atoms with Crippen LogP contribution in [0.1, 0.15) is 22.9 Å². The van der Waals surface area contributed by atoms with E-state index in [1.165, 1.54) is 0 Å². The maximum absolute atomic E-state index is 5.24. The molecule has 0 spiro atoms. The lowest BCUT2D eigenvalue weighted by Crippen LogP contribution is -1.83. The number of nitrogens with zero attached hydrogens (tertiary/aromatic N) is 1. The molecule has 0 aliphatic rings. The lowest BCUT2D eigenvalue weighted by atomic mass is 10.2. The molecule has 20 heavy (non-hydrogen) atoms. The van der Waals surface area contributed by atoms with Gasteiger partial charge in [0.15, 0.2) is 0 Å². The molecule has 0 fully saturated rings. The second-order valence-corrected chi connectivity index (χ2v) is 4.18. The number of aromatic nitrogens is 1. The summed E-state index contributed by atoms with van der Waals surface area (Å²) >= 11 is 0. The second-order valence-electron chi connectivity index (χ2n) is 4.18. The molecule has 0 amide bonds. The van der Waals surface area contributed by atoms with Crippen molar-refractivity contribution in [3.63, 3.8) is 0 Å². The zero-order chi connectivity index (χ0) is 13.6. The van der Waals surface area contributed by atoms with Crippen LogP contribution in [0, 0.1) is 0 Å². The summed E-state index contributed by atoms with van der Waals surface area (Å²) in [4.78, 5) is 4.51. The average Bonchev–Trinajstić information content (AvgIpc) is 3.17. The van der Waals surface area contributed by atoms with Gasteiger partial charge in [-0.3, -0.25) is 0 Å². The molecule has 3 aromatic heterocycles. The van der Waals surface area contributed by atoms with Gasteiger partial charge >= 0.3 is 0 Å². The van der Waals surface area contributed by atoms with Crippen LogP contribution in [0.5, 0.6) is 0 Å². The van der Waals surface area contributed by atoms with Crippen LogP contribution in [0.15, 0.2) is 63.8 Å². The van der Waals surface area contributed by atoms with Gasteiger partial charge in [-0.25, -0.2) is 4.98 Å². The summed E-state index contributed by atoms with van der Waals surface area (Å²) in [7, 11) is 0. The van der Waals surface area contributed by atoms with Crippen molar-refractivity contribution in [2.75, 3.05) is 0 Å². The standard InChI is InChI=1S/C17H13NO2/c1-4-14(8-10-16-6-2-12-19-16)18-15(5-1)9-11-17-7-3-13-20-17/h1-13H/b10-8+,11-9+. The highest BCUT2D eigenvalue weighted by atomic mass is 16.3. The minimum Gasteiger partial charge on any atom is -0.465 e. The van der Waals surface area contributed by atoms with E-state index in [0.29, 0.717) is 0 Å². The first kappa shape index (κ1) is 12.2. The van der Waals surface area contributed by atoms with E-state index in [0.717, 1.165) is 22.9 Å². The van der Waals surface area contributed by atoms with E-state index in [4.69, 9.17) is 8.83 Å². The molecule has 0 saturated heterocycles. The molecule has 0 atom stereocenters. The highest BCUT2D eigenvalue weighted by Gasteiger charge is 1.94. The Hall–Kier alpha value is -2.81. The van der Waals surface area contributed by atoms with Crippen molar-refractivity contribution >= 4 is 24.3 Å². The third-order valence-corrected chi connectivity index (χ3v) is 2.72. The van der Waals surface area contributed by atoms with Crippen molar-refractivity contribution in [3.8, 4) is 0 Å². The summed E-state index contributed by atoms with van der Waals surface area (Å²) in [5, 5.41) is 0. The molecule has 0 radical (unpaired) electrons.